The fourth-order valence-electron chi connectivity index (χ4n) is 4.77. The molecule has 1 amide bonds. The third-order valence-electron chi connectivity index (χ3n) is 6.54. The van der Waals surface area contributed by atoms with Gasteiger partial charge in [0.25, 0.3) is 0 Å². The number of aromatic carboxylic acids is 1. The topological polar surface area (TPSA) is 84.7 Å². The van der Waals surface area contributed by atoms with Gasteiger partial charge in [0, 0.05) is 30.4 Å². The van der Waals surface area contributed by atoms with Gasteiger partial charge in [-0.05, 0) is 59.5 Å². The van der Waals surface area contributed by atoms with Crippen LogP contribution in [0.25, 0.3) is 11.0 Å². The van der Waals surface area contributed by atoms with Gasteiger partial charge in [-0.1, -0.05) is 23.7 Å². The minimum atomic E-state index is -1.09. The quantitative estimate of drug-likeness (QED) is 0.408. The summed E-state index contributed by atoms with van der Waals surface area (Å²) >= 11 is 6.01. The maximum absolute atomic E-state index is 13.7. The molecule has 184 valence electrons. The molecule has 2 aromatic heterocycles. The van der Waals surface area contributed by atoms with Crippen molar-refractivity contribution in [3.63, 3.8) is 0 Å². The van der Waals surface area contributed by atoms with Crippen molar-refractivity contribution in [2.75, 3.05) is 13.7 Å². The molecular formula is C27H23ClFN3O4. The molecule has 5 rings (SSSR count). The van der Waals surface area contributed by atoms with Crippen molar-refractivity contribution in [3.05, 3.63) is 93.5 Å². The van der Waals surface area contributed by atoms with Crippen molar-refractivity contribution in [2.24, 2.45) is 0 Å². The van der Waals surface area contributed by atoms with Crippen molar-refractivity contribution in [2.45, 2.75) is 25.9 Å². The van der Waals surface area contributed by atoms with Crippen LogP contribution in [0.5, 0.6) is 5.75 Å². The van der Waals surface area contributed by atoms with E-state index in [4.69, 9.17) is 16.3 Å². The molecule has 1 N–H and O–H groups in total. The van der Waals surface area contributed by atoms with Gasteiger partial charge >= 0.3 is 5.97 Å². The Kier molecular flexibility index (Phi) is 6.36. The molecule has 0 bridgehead atoms. The smallest absolute Gasteiger partial charge is 0.339 e. The number of ether oxygens (including phenoxy) is 1. The molecule has 9 heteroatoms. The fourth-order valence-corrected chi connectivity index (χ4v) is 4.98. The lowest BCUT2D eigenvalue weighted by molar-refractivity contribution is -0.131. The van der Waals surface area contributed by atoms with Crippen molar-refractivity contribution >= 4 is 34.5 Å². The van der Waals surface area contributed by atoms with Crippen LogP contribution in [-0.2, 0) is 30.7 Å². The standard InChI is InChI=1S/C27H23ClFN3O4/c1-36-24-12-16(4-6-20(24)27(34)35)13-25(33)31-10-8-18-19-3-2-9-30-26(19)32(23(18)15-31)14-17-5-7-22(29)21(28)11-17/h2-7,9,11-12H,8,10,13-15H2,1H3,(H,34,35). The van der Waals surface area contributed by atoms with Crippen LogP contribution in [0.15, 0.2) is 54.7 Å². The second-order valence-electron chi connectivity index (χ2n) is 8.72. The molecule has 2 aromatic carbocycles. The predicted molar refractivity (Wildman–Crippen MR) is 133 cm³/mol. The van der Waals surface area contributed by atoms with Crippen LogP contribution in [-0.4, -0.2) is 45.1 Å². The highest BCUT2D eigenvalue weighted by Crippen LogP contribution is 2.31. The first kappa shape index (κ1) is 23.8. The monoisotopic (exact) mass is 507 g/mol. The number of nitrogens with zero attached hydrogens (tertiary/aromatic N) is 3. The number of pyridine rings is 1. The summed E-state index contributed by atoms with van der Waals surface area (Å²) in [7, 11) is 1.40. The normalized spacial score (nSPS) is 13.0. The van der Waals surface area contributed by atoms with E-state index in [1.165, 1.54) is 19.2 Å². The Balaban J connectivity index is 1.43. The highest BCUT2D eigenvalue weighted by atomic mass is 35.5. The maximum atomic E-state index is 13.7. The molecule has 0 spiro atoms. The molecule has 0 unspecified atom stereocenters. The molecule has 4 aromatic rings. The number of benzene rings is 2. The van der Waals surface area contributed by atoms with E-state index in [0.717, 1.165) is 27.9 Å². The van der Waals surface area contributed by atoms with Crippen LogP contribution in [0.3, 0.4) is 0 Å². The Morgan fingerprint density at radius 1 is 1.17 bits per heavy atom. The van der Waals surface area contributed by atoms with Gasteiger partial charge in [0.15, 0.2) is 0 Å². The second kappa shape index (κ2) is 9.62. The number of carboxylic acids is 1. The first-order chi connectivity index (χ1) is 17.4. The fraction of sp³-hybridized carbons (Fsp3) is 0.222. The lowest BCUT2D eigenvalue weighted by Gasteiger charge is -2.29. The molecule has 0 radical (unpaired) electrons. The zero-order valence-corrected chi connectivity index (χ0v) is 20.3. The summed E-state index contributed by atoms with van der Waals surface area (Å²) in [6, 6.07) is 13.3. The van der Waals surface area contributed by atoms with Crippen LogP contribution < -0.4 is 4.74 Å². The lowest BCUT2D eigenvalue weighted by Crippen LogP contribution is -2.37. The summed E-state index contributed by atoms with van der Waals surface area (Å²) in [4.78, 5) is 31.0. The second-order valence-corrected chi connectivity index (χ2v) is 9.12. The summed E-state index contributed by atoms with van der Waals surface area (Å²) in [5.74, 6) is -1.40. The van der Waals surface area contributed by atoms with E-state index >= 15 is 0 Å². The van der Waals surface area contributed by atoms with Crippen LogP contribution >= 0.6 is 11.6 Å². The van der Waals surface area contributed by atoms with Crippen molar-refractivity contribution in [3.8, 4) is 5.75 Å². The number of carbonyl (C=O) groups is 2. The molecule has 0 fully saturated rings. The van der Waals surface area contributed by atoms with Crippen molar-refractivity contribution in [1.29, 1.82) is 0 Å². The predicted octanol–water partition coefficient (Wildman–Crippen LogP) is 4.71. The van der Waals surface area contributed by atoms with E-state index in [1.807, 2.05) is 12.1 Å². The average molecular weight is 508 g/mol. The van der Waals surface area contributed by atoms with Gasteiger partial charge in [-0.2, -0.15) is 0 Å². The van der Waals surface area contributed by atoms with Crippen LogP contribution in [0.1, 0.15) is 32.7 Å². The molecule has 7 nitrogen and oxygen atoms in total. The Hall–Kier alpha value is -3.91. The molecular weight excluding hydrogens is 485 g/mol. The molecule has 36 heavy (non-hydrogen) atoms. The van der Waals surface area contributed by atoms with Crippen LogP contribution in [0, 0.1) is 5.82 Å². The Morgan fingerprint density at radius 3 is 2.72 bits per heavy atom. The molecule has 1 aliphatic heterocycles. The molecule has 0 atom stereocenters. The molecule has 0 saturated heterocycles. The highest BCUT2D eigenvalue weighted by Gasteiger charge is 2.27. The summed E-state index contributed by atoms with van der Waals surface area (Å²) in [5, 5.41) is 10.4. The van der Waals surface area contributed by atoms with E-state index < -0.39 is 11.8 Å². The number of fused-ring (bicyclic) bond motifs is 3. The third kappa shape index (κ3) is 4.40. The van der Waals surface area contributed by atoms with Gasteiger partial charge < -0.3 is 19.3 Å². The number of methoxy groups -OCH3 is 1. The Morgan fingerprint density at radius 2 is 1.97 bits per heavy atom. The van der Waals surface area contributed by atoms with Crippen LogP contribution in [0.4, 0.5) is 4.39 Å². The van der Waals surface area contributed by atoms with Crippen LogP contribution in [0.2, 0.25) is 5.02 Å². The minimum Gasteiger partial charge on any atom is -0.496 e. The molecule has 3 heterocycles. The number of carboxylic acid groups (broad SMARTS) is 1. The summed E-state index contributed by atoms with van der Waals surface area (Å²) < 4.78 is 21.0. The zero-order valence-electron chi connectivity index (χ0n) is 19.5. The Bertz CT molecular complexity index is 1500. The largest absolute Gasteiger partial charge is 0.496 e. The van der Waals surface area contributed by atoms with Crippen molar-refractivity contribution < 1.29 is 23.8 Å². The van der Waals surface area contributed by atoms with Gasteiger partial charge in [-0.3, -0.25) is 4.79 Å². The van der Waals surface area contributed by atoms with E-state index in [2.05, 4.69) is 9.55 Å². The SMILES string of the molecule is COc1cc(CC(=O)N2CCc3c(n(Cc4ccc(F)c(Cl)c4)c4ncccc34)C2)ccc1C(=O)O. The van der Waals surface area contributed by atoms with E-state index in [1.54, 1.807) is 35.4 Å². The first-order valence-corrected chi connectivity index (χ1v) is 11.8. The number of rotatable bonds is 6. The number of amides is 1. The molecule has 1 aliphatic rings. The van der Waals surface area contributed by atoms with Gasteiger partial charge in [0.05, 0.1) is 25.1 Å². The zero-order chi connectivity index (χ0) is 25.4. The average Bonchev–Trinajstić information content (AvgIpc) is 3.18. The van der Waals surface area contributed by atoms with Crippen molar-refractivity contribution in [1.82, 2.24) is 14.5 Å². The van der Waals surface area contributed by atoms with E-state index in [-0.39, 0.29) is 28.7 Å². The maximum Gasteiger partial charge on any atom is 0.339 e. The number of carbonyl (C=O) groups excluding carboxylic acids is 1. The van der Waals surface area contributed by atoms with E-state index in [0.29, 0.717) is 31.6 Å². The third-order valence-corrected chi connectivity index (χ3v) is 6.83. The van der Waals surface area contributed by atoms with Gasteiger partial charge in [0.1, 0.15) is 22.8 Å². The molecule has 0 aliphatic carbocycles. The lowest BCUT2D eigenvalue weighted by atomic mass is 10.0. The number of hydrogen-bond acceptors (Lipinski definition) is 4. The van der Waals surface area contributed by atoms with Gasteiger partial charge in [-0.25, -0.2) is 14.2 Å². The number of hydrogen-bond donors (Lipinski definition) is 1. The number of halogens is 2. The van der Waals surface area contributed by atoms with Gasteiger partial charge in [-0.15, -0.1) is 0 Å². The number of aromatic nitrogens is 2. The molecule has 0 saturated carbocycles. The van der Waals surface area contributed by atoms with E-state index in [9.17, 15) is 19.1 Å². The highest BCUT2D eigenvalue weighted by molar-refractivity contribution is 6.30. The summed E-state index contributed by atoms with van der Waals surface area (Å²) in [6.45, 7) is 1.41. The minimum absolute atomic E-state index is 0.0502. The summed E-state index contributed by atoms with van der Waals surface area (Å²) in [6.07, 6.45) is 2.54. The Labute approximate surface area is 211 Å². The van der Waals surface area contributed by atoms with Gasteiger partial charge in [0.2, 0.25) is 5.91 Å². The first-order valence-electron chi connectivity index (χ1n) is 11.4. The summed E-state index contributed by atoms with van der Waals surface area (Å²) in [5.41, 5.74) is 4.52.